The first-order valence-electron chi connectivity index (χ1n) is 6.15. The van der Waals surface area contributed by atoms with Crippen LogP contribution < -0.4 is 5.56 Å². The Morgan fingerprint density at radius 2 is 1.74 bits per heavy atom. The third-order valence-electron chi connectivity index (χ3n) is 2.93. The van der Waals surface area contributed by atoms with E-state index in [1.807, 2.05) is 54.6 Å². The molecule has 3 aromatic rings. The first kappa shape index (κ1) is 11.5. The van der Waals surface area contributed by atoms with Crippen molar-refractivity contribution in [2.45, 2.75) is 6.54 Å². The quantitative estimate of drug-likeness (QED) is 0.715. The van der Waals surface area contributed by atoms with E-state index < -0.39 is 0 Å². The predicted octanol–water partition coefficient (Wildman–Crippen LogP) is 3.31. The van der Waals surface area contributed by atoms with E-state index in [9.17, 15) is 4.79 Å². The Bertz CT molecular complexity index is 766. The number of benzene rings is 2. The zero-order valence-corrected chi connectivity index (χ0v) is 10.3. The van der Waals surface area contributed by atoms with Gasteiger partial charge in [-0.25, -0.2) is 0 Å². The predicted molar refractivity (Wildman–Crippen MR) is 76.0 cm³/mol. The molecule has 0 N–H and O–H groups in total. The van der Waals surface area contributed by atoms with Crippen LogP contribution in [0.1, 0.15) is 5.56 Å². The van der Waals surface area contributed by atoms with Crippen molar-refractivity contribution in [3.63, 3.8) is 0 Å². The van der Waals surface area contributed by atoms with Gasteiger partial charge in [0.05, 0.1) is 11.9 Å². The molecule has 0 aliphatic heterocycles. The van der Waals surface area contributed by atoms with E-state index in [1.54, 1.807) is 12.1 Å². The minimum absolute atomic E-state index is 0.0895. The summed E-state index contributed by atoms with van der Waals surface area (Å²) in [6.45, 7) is 0.433. The largest absolute Gasteiger partial charge is 0.375 e. The van der Waals surface area contributed by atoms with Crippen LogP contribution in [0.5, 0.6) is 0 Å². The highest BCUT2D eigenvalue weighted by atomic mass is 16.5. The standard InChI is InChI=1S/C16H13NO2/c18-16-14-10-4-5-11-15(14)19-17(16)12-6-9-13-7-2-1-3-8-13/h1-11H,12H2. The van der Waals surface area contributed by atoms with Gasteiger partial charge in [0, 0.05) is 0 Å². The maximum Gasteiger partial charge on any atom is 0.290 e. The smallest absolute Gasteiger partial charge is 0.290 e. The topological polar surface area (TPSA) is 35.1 Å². The maximum atomic E-state index is 12.0. The third-order valence-corrected chi connectivity index (χ3v) is 2.93. The molecule has 19 heavy (non-hydrogen) atoms. The number of para-hydroxylation sites is 1. The summed E-state index contributed by atoms with van der Waals surface area (Å²) in [5, 5.41) is 0.621. The molecule has 1 heterocycles. The number of hydrogen-bond acceptors (Lipinski definition) is 2. The third kappa shape index (κ3) is 2.36. The second kappa shape index (κ2) is 4.98. The van der Waals surface area contributed by atoms with Gasteiger partial charge in [0.25, 0.3) is 5.56 Å². The lowest BCUT2D eigenvalue weighted by Gasteiger charge is -1.93. The van der Waals surface area contributed by atoms with Gasteiger partial charge in [-0.15, -0.1) is 0 Å². The molecule has 3 rings (SSSR count). The number of rotatable bonds is 3. The summed E-state index contributed by atoms with van der Waals surface area (Å²) in [6, 6.07) is 17.2. The molecule has 0 amide bonds. The molecule has 0 saturated heterocycles. The Morgan fingerprint density at radius 3 is 2.53 bits per heavy atom. The SMILES string of the molecule is O=c1c2ccccc2on1CC=Cc1ccccc1. The fourth-order valence-corrected chi connectivity index (χ4v) is 1.99. The Kier molecular flexibility index (Phi) is 3.02. The molecule has 0 unspecified atom stereocenters. The summed E-state index contributed by atoms with van der Waals surface area (Å²) in [5.41, 5.74) is 1.64. The Morgan fingerprint density at radius 1 is 1.00 bits per heavy atom. The summed E-state index contributed by atoms with van der Waals surface area (Å²) >= 11 is 0. The average Bonchev–Trinajstić information content (AvgIpc) is 2.78. The van der Waals surface area contributed by atoms with Crippen molar-refractivity contribution in [3.05, 3.63) is 76.6 Å². The maximum absolute atomic E-state index is 12.0. The molecule has 3 nitrogen and oxygen atoms in total. The Balaban J connectivity index is 1.85. The number of aromatic nitrogens is 1. The second-order valence-corrected chi connectivity index (χ2v) is 4.27. The lowest BCUT2D eigenvalue weighted by molar-refractivity contribution is 0.305. The highest BCUT2D eigenvalue weighted by Crippen LogP contribution is 2.09. The monoisotopic (exact) mass is 251 g/mol. The van der Waals surface area contributed by atoms with E-state index >= 15 is 0 Å². The number of nitrogens with zero attached hydrogens (tertiary/aromatic N) is 1. The van der Waals surface area contributed by atoms with Crippen molar-refractivity contribution in [1.82, 2.24) is 4.74 Å². The normalized spacial score (nSPS) is 11.4. The van der Waals surface area contributed by atoms with Crippen molar-refractivity contribution >= 4 is 17.0 Å². The van der Waals surface area contributed by atoms with E-state index in [0.29, 0.717) is 17.5 Å². The second-order valence-electron chi connectivity index (χ2n) is 4.27. The van der Waals surface area contributed by atoms with E-state index in [0.717, 1.165) is 5.56 Å². The van der Waals surface area contributed by atoms with Gasteiger partial charge in [-0.05, 0) is 17.7 Å². The van der Waals surface area contributed by atoms with Gasteiger partial charge in [0.15, 0.2) is 5.58 Å². The van der Waals surface area contributed by atoms with Gasteiger partial charge >= 0.3 is 0 Å². The van der Waals surface area contributed by atoms with E-state index in [-0.39, 0.29) is 5.56 Å². The minimum Gasteiger partial charge on any atom is -0.375 e. The van der Waals surface area contributed by atoms with Crippen LogP contribution in [0.2, 0.25) is 0 Å². The van der Waals surface area contributed by atoms with Gasteiger partial charge < -0.3 is 4.52 Å². The summed E-state index contributed by atoms with van der Waals surface area (Å²) in [7, 11) is 0. The Labute approximate surface area is 110 Å². The first-order chi connectivity index (χ1) is 9.34. The molecule has 3 heteroatoms. The van der Waals surface area contributed by atoms with Crippen molar-refractivity contribution in [2.75, 3.05) is 0 Å². The van der Waals surface area contributed by atoms with Crippen molar-refractivity contribution in [2.24, 2.45) is 0 Å². The van der Waals surface area contributed by atoms with Gasteiger partial charge in [-0.3, -0.25) is 4.79 Å². The number of fused-ring (bicyclic) bond motifs is 1. The minimum atomic E-state index is -0.0895. The van der Waals surface area contributed by atoms with Crippen LogP contribution in [0.4, 0.5) is 0 Å². The van der Waals surface area contributed by atoms with Crippen LogP contribution >= 0.6 is 0 Å². The van der Waals surface area contributed by atoms with Crippen LogP contribution in [0.25, 0.3) is 17.0 Å². The van der Waals surface area contributed by atoms with Crippen molar-refractivity contribution in [3.8, 4) is 0 Å². The van der Waals surface area contributed by atoms with Crippen LogP contribution in [-0.2, 0) is 6.54 Å². The molecule has 1 aromatic heterocycles. The molecule has 0 saturated carbocycles. The van der Waals surface area contributed by atoms with E-state index in [1.165, 1.54) is 4.74 Å². The summed E-state index contributed by atoms with van der Waals surface area (Å²) in [4.78, 5) is 12.0. The lowest BCUT2D eigenvalue weighted by Crippen LogP contribution is -2.12. The highest BCUT2D eigenvalue weighted by Gasteiger charge is 2.06. The van der Waals surface area contributed by atoms with E-state index in [2.05, 4.69) is 0 Å². The Hall–Kier alpha value is -2.55. The zero-order valence-electron chi connectivity index (χ0n) is 10.3. The molecular formula is C16H13NO2. The number of allylic oxidation sites excluding steroid dienone is 1. The average molecular weight is 251 g/mol. The number of hydrogen-bond donors (Lipinski definition) is 0. The molecular weight excluding hydrogens is 238 g/mol. The fraction of sp³-hybridized carbons (Fsp3) is 0.0625. The summed E-state index contributed by atoms with van der Waals surface area (Å²) < 4.78 is 6.85. The molecule has 0 atom stereocenters. The van der Waals surface area contributed by atoms with Gasteiger partial charge in [-0.1, -0.05) is 54.6 Å². The van der Waals surface area contributed by atoms with E-state index in [4.69, 9.17) is 4.52 Å². The summed E-state index contributed by atoms with van der Waals surface area (Å²) in [5.74, 6) is 0. The molecule has 0 bridgehead atoms. The molecule has 0 aliphatic rings. The molecule has 94 valence electrons. The van der Waals surface area contributed by atoms with Crippen LogP contribution in [-0.4, -0.2) is 4.74 Å². The van der Waals surface area contributed by atoms with Gasteiger partial charge in [0.1, 0.15) is 0 Å². The van der Waals surface area contributed by atoms with Gasteiger partial charge in [-0.2, -0.15) is 4.74 Å². The highest BCUT2D eigenvalue weighted by molar-refractivity contribution is 5.75. The van der Waals surface area contributed by atoms with Crippen molar-refractivity contribution < 1.29 is 4.52 Å². The van der Waals surface area contributed by atoms with Crippen LogP contribution in [0.15, 0.2) is 70.0 Å². The fourth-order valence-electron chi connectivity index (χ4n) is 1.99. The van der Waals surface area contributed by atoms with Crippen LogP contribution in [0, 0.1) is 0 Å². The molecule has 0 aliphatic carbocycles. The van der Waals surface area contributed by atoms with Crippen LogP contribution in [0.3, 0.4) is 0 Å². The molecule has 0 spiro atoms. The van der Waals surface area contributed by atoms with Gasteiger partial charge in [0.2, 0.25) is 0 Å². The van der Waals surface area contributed by atoms with Crippen molar-refractivity contribution in [1.29, 1.82) is 0 Å². The first-order valence-corrected chi connectivity index (χ1v) is 6.15. The zero-order chi connectivity index (χ0) is 13.1. The lowest BCUT2D eigenvalue weighted by atomic mass is 10.2. The molecule has 0 fully saturated rings. The summed E-state index contributed by atoms with van der Waals surface area (Å²) in [6.07, 6.45) is 3.89. The molecule has 2 aromatic carbocycles. The molecule has 0 radical (unpaired) electrons.